The second-order valence-corrected chi connectivity index (χ2v) is 6.53. The van der Waals surface area contributed by atoms with Gasteiger partial charge in [-0.25, -0.2) is 13.1 Å². The number of rotatable bonds is 4. The van der Waals surface area contributed by atoms with E-state index in [0.717, 1.165) is 11.3 Å². The summed E-state index contributed by atoms with van der Waals surface area (Å²) in [5, 5.41) is 8.91. The maximum absolute atomic E-state index is 12.2. The average Bonchev–Trinajstić information content (AvgIpc) is 2.47. The Morgan fingerprint density at radius 3 is 2.71 bits per heavy atom. The monoisotopic (exact) mass is 321 g/mol. The third-order valence-electron chi connectivity index (χ3n) is 2.79. The van der Waals surface area contributed by atoms with Gasteiger partial charge in [0.1, 0.15) is 4.90 Å². The van der Waals surface area contributed by atoms with Gasteiger partial charge in [0.2, 0.25) is 10.0 Å². The van der Waals surface area contributed by atoms with Gasteiger partial charge < -0.3 is 0 Å². The second-order valence-electron chi connectivity index (χ2n) is 4.39. The summed E-state index contributed by atoms with van der Waals surface area (Å²) in [7, 11) is -3.79. The Morgan fingerprint density at radius 2 is 2.10 bits per heavy atom. The normalized spacial score (nSPS) is 11.1. The van der Waals surface area contributed by atoms with Crippen LogP contribution in [0.1, 0.15) is 16.8 Å². The van der Waals surface area contributed by atoms with E-state index in [1.54, 1.807) is 18.3 Å². The maximum atomic E-state index is 12.2. The Balaban J connectivity index is 2.23. The fourth-order valence-electron chi connectivity index (χ4n) is 1.64. The standard InChI is InChI=1S/C14H12ClN3O2S/c1-10-2-3-12(8-17-10)9-18-21(19,20)14-6-11(7-16)4-5-13(14)15/h2-6,8,18H,9H2,1H3. The molecule has 108 valence electrons. The SMILES string of the molecule is Cc1ccc(CNS(=O)(=O)c2cc(C#N)ccc2Cl)cn1. The van der Waals surface area contributed by atoms with Crippen molar-refractivity contribution in [3.8, 4) is 6.07 Å². The Hall–Kier alpha value is -1.94. The summed E-state index contributed by atoms with van der Waals surface area (Å²) in [6, 6.07) is 9.58. The zero-order valence-corrected chi connectivity index (χ0v) is 12.7. The van der Waals surface area contributed by atoms with Gasteiger partial charge in [-0.15, -0.1) is 0 Å². The van der Waals surface area contributed by atoms with Crippen molar-refractivity contribution in [2.75, 3.05) is 0 Å². The maximum Gasteiger partial charge on any atom is 0.242 e. The summed E-state index contributed by atoms with van der Waals surface area (Å²) in [6.07, 6.45) is 1.60. The fourth-order valence-corrected chi connectivity index (χ4v) is 3.18. The molecule has 21 heavy (non-hydrogen) atoms. The molecule has 0 aliphatic carbocycles. The third kappa shape index (κ3) is 3.79. The van der Waals surface area contributed by atoms with E-state index in [1.807, 2.05) is 13.0 Å². The molecule has 0 radical (unpaired) electrons. The van der Waals surface area contributed by atoms with E-state index in [9.17, 15) is 8.42 Å². The number of halogens is 1. The van der Waals surface area contributed by atoms with Crippen LogP contribution in [0.25, 0.3) is 0 Å². The van der Waals surface area contributed by atoms with Crippen molar-refractivity contribution < 1.29 is 8.42 Å². The van der Waals surface area contributed by atoms with Gasteiger partial charge in [-0.1, -0.05) is 17.7 Å². The number of nitrogens with zero attached hydrogens (tertiary/aromatic N) is 2. The molecule has 2 rings (SSSR count). The molecule has 1 N–H and O–H groups in total. The summed E-state index contributed by atoms with van der Waals surface area (Å²) in [5.41, 5.74) is 1.82. The van der Waals surface area contributed by atoms with Crippen molar-refractivity contribution >= 4 is 21.6 Å². The van der Waals surface area contributed by atoms with Gasteiger partial charge in [0, 0.05) is 18.4 Å². The first-order valence-corrected chi connectivity index (χ1v) is 7.89. The van der Waals surface area contributed by atoms with Crippen molar-refractivity contribution in [2.24, 2.45) is 0 Å². The Labute approximate surface area is 128 Å². The smallest absolute Gasteiger partial charge is 0.242 e. The Morgan fingerprint density at radius 1 is 1.33 bits per heavy atom. The van der Waals surface area contributed by atoms with Crippen molar-refractivity contribution in [1.29, 1.82) is 5.26 Å². The van der Waals surface area contributed by atoms with Crippen LogP contribution in [0, 0.1) is 18.3 Å². The predicted octanol–water partition coefficient (Wildman–Crippen LogP) is 2.39. The van der Waals surface area contributed by atoms with Crippen LogP contribution in [0.15, 0.2) is 41.4 Å². The molecule has 1 heterocycles. The van der Waals surface area contributed by atoms with Crippen molar-refractivity contribution in [3.63, 3.8) is 0 Å². The van der Waals surface area contributed by atoms with E-state index in [-0.39, 0.29) is 22.0 Å². The number of sulfonamides is 1. The zero-order valence-electron chi connectivity index (χ0n) is 11.2. The minimum absolute atomic E-state index is 0.0727. The van der Waals surface area contributed by atoms with Crippen LogP contribution in [-0.2, 0) is 16.6 Å². The van der Waals surface area contributed by atoms with E-state index < -0.39 is 10.0 Å². The minimum Gasteiger partial charge on any atom is -0.261 e. The predicted molar refractivity (Wildman–Crippen MR) is 79.2 cm³/mol. The lowest BCUT2D eigenvalue weighted by Gasteiger charge is -2.08. The Bertz CT molecular complexity index is 796. The highest BCUT2D eigenvalue weighted by atomic mass is 35.5. The number of aryl methyl sites for hydroxylation is 1. The molecule has 1 aromatic carbocycles. The first kappa shape index (κ1) is 15.4. The average molecular weight is 322 g/mol. The molecule has 1 aromatic heterocycles. The molecular formula is C14H12ClN3O2S. The summed E-state index contributed by atoms with van der Waals surface area (Å²) < 4.78 is 26.9. The number of nitrogens with one attached hydrogen (secondary N) is 1. The number of hydrogen-bond donors (Lipinski definition) is 1. The first-order valence-electron chi connectivity index (χ1n) is 6.03. The van der Waals surface area contributed by atoms with E-state index >= 15 is 0 Å². The van der Waals surface area contributed by atoms with Gasteiger partial charge in [0.25, 0.3) is 0 Å². The van der Waals surface area contributed by atoms with Crippen LogP contribution in [0.4, 0.5) is 0 Å². The molecule has 0 bridgehead atoms. The van der Waals surface area contributed by atoms with Crippen molar-refractivity contribution in [3.05, 3.63) is 58.4 Å². The van der Waals surface area contributed by atoms with Gasteiger partial charge in [-0.2, -0.15) is 5.26 Å². The quantitative estimate of drug-likeness (QED) is 0.937. The highest BCUT2D eigenvalue weighted by molar-refractivity contribution is 7.89. The zero-order chi connectivity index (χ0) is 15.5. The van der Waals surface area contributed by atoms with Crippen molar-refractivity contribution in [1.82, 2.24) is 9.71 Å². The van der Waals surface area contributed by atoms with Crippen LogP contribution >= 0.6 is 11.6 Å². The number of aromatic nitrogens is 1. The van der Waals surface area contributed by atoms with Crippen LogP contribution < -0.4 is 4.72 Å². The molecule has 0 fully saturated rings. The van der Waals surface area contributed by atoms with Crippen molar-refractivity contribution in [2.45, 2.75) is 18.4 Å². The topological polar surface area (TPSA) is 82.9 Å². The summed E-state index contributed by atoms with van der Waals surface area (Å²) >= 11 is 5.90. The largest absolute Gasteiger partial charge is 0.261 e. The van der Waals surface area contributed by atoms with Crippen LogP contribution in [0.5, 0.6) is 0 Å². The highest BCUT2D eigenvalue weighted by Gasteiger charge is 2.18. The molecule has 5 nitrogen and oxygen atoms in total. The molecule has 0 unspecified atom stereocenters. The fraction of sp³-hybridized carbons (Fsp3) is 0.143. The molecule has 0 aliphatic heterocycles. The van der Waals surface area contributed by atoms with Crippen LogP contribution in [0.3, 0.4) is 0 Å². The number of nitriles is 1. The number of benzene rings is 1. The molecule has 0 aliphatic rings. The van der Waals surface area contributed by atoms with Gasteiger partial charge in [-0.05, 0) is 36.8 Å². The van der Waals surface area contributed by atoms with Crippen LogP contribution in [0.2, 0.25) is 5.02 Å². The summed E-state index contributed by atoms with van der Waals surface area (Å²) in [4.78, 5) is 3.99. The number of pyridine rings is 1. The minimum atomic E-state index is -3.79. The number of hydrogen-bond acceptors (Lipinski definition) is 4. The molecule has 0 atom stereocenters. The molecule has 2 aromatic rings. The third-order valence-corrected chi connectivity index (χ3v) is 4.67. The van der Waals surface area contributed by atoms with E-state index in [0.29, 0.717) is 0 Å². The molecule has 0 spiro atoms. The molecule has 0 saturated heterocycles. The van der Waals surface area contributed by atoms with Gasteiger partial charge in [-0.3, -0.25) is 4.98 Å². The lowest BCUT2D eigenvalue weighted by molar-refractivity contribution is 0.581. The van der Waals surface area contributed by atoms with Crippen LogP contribution in [-0.4, -0.2) is 13.4 Å². The highest BCUT2D eigenvalue weighted by Crippen LogP contribution is 2.22. The lowest BCUT2D eigenvalue weighted by Crippen LogP contribution is -2.23. The van der Waals surface area contributed by atoms with E-state index in [2.05, 4.69) is 9.71 Å². The lowest BCUT2D eigenvalue weighted by atomic mass is 10.2. The second kappa shape index (κ2) is 6.22. The Kier molecular flexibility index (Phi) is 4.58. The van der Waals surface area contributed by atoms with Gasteiger partial charge >= 0.3 is 0 Å². The molecular weight excluding hydrogens is 310 g/mol. The summed E-state index contributed by atoms with van der Waals surface area (Å²) in [5.74, 6) is 0. The molecule has 0 saturated carbocycles. The van der Waals surface area contributed by atoms with Gasteiger partial charge in [0.05, 0.1) is 16.7 Å². The summed E-state index contributed by atoms with van der Waals surface area (Å²) in [6.45, 7) is 1.95. The molecule has 0 amide bonds. The van der Waals surface area contributed by atoms with E-state index in [4.69, 9.17) is 16.9 Å². The first-order chi connectivity index (χ1) is 9.92. The van der Waals surface area contributed by atoms with Gasteiger partial charge in [0.15, 0.2) is 0 Å². The molecule has 7 heteroatoms. The van der Waals surface area contributed by atoms with E-state index in [1.165, 1.54) is 18.2 Å².